The van der Waals surface area contributed by atoms with Crippen LogP contribution in [-0.2, 0) is 6.54 Å². The molecule has 0 radical (unpaired) electrons. The van der Waals surface area contributed by atoms with Crippen molar-refractivity contribution in [2.24, 2.45) is 5.92 Å². The Morgan fingerprint density at radius 3 is 2.82 bits per heavy atom. The first-order chi connectivity index (χ1) is 16.7. The zero-order valence-corrected chi connectivity index (χ0v) is 19.3. The Morgan fingerprint density at radius 2 is 1.97 bits per heavy atom. The molecule has 1 saturated heterocycles. The smallest absolute Gasteiger partial charge is 0.263 e. The van der Waals surface area contributed by atoms with Crippen molar-refractivity contribution >= 4 is 28.0 Å². The van der Waals surface area contributed by atoms with Crippen molar-refractivity contribution < 1.29 is 4.79 Å². The van der Waals surface area contributed by atoms with Crippen LogP contribution in [0.4, 0.5) is 0 Å². The molecule has 1 N–H and O–H groups in total. The van der Waals surface area contributed by atoms with Crippen LogP contribution in [0.3, 0.4) is 0 Å². The number of benzene rings is 1. The van der Waals surface area contributed by atoms with Crippen LogP contribution in [0.1, 0.15) is 22.5 Å². The second-order valence-electron chi connectivity index (χ2n) is 8.63. The number of rotatable bonds is 5. The molecule has 8 nitrogen and oxygen atoms in total. The van der Waals surface area contributed by atoms with Gasteiger partial charge in [-0.3, -0.25) is 19.6 Å². The molecule has 1 amide bonds. The molecule has 34 heavy (non-hydrogen) atoms. The van der Waals surface area contributed by atoms with E-state index < -0.39 is 0 Å². The number of thiophene rings is 1. The number of hydrogen-bond acceptors (Lipinski definition) is 6. The third-order valence-corrected chi connectivity index (χ3v) is 7.51. The summed E-state index contributed by atoms with van der Waals surface area (Å²) in [5.41, 5.74) is 2.86. The van der Waals surface area contributed by atoms with Gasteiger partial charge in [-0.25, -0.2) is 0 Å². The number of carbonyl (C=O) groups excluding carboxylic acids is 1. The largest absolute Gasteiger partial charge is 0.338 e. The molecular formula is C25H23N7OS. The zero-order valence-electron chi connectivity index (χ0n) is 18.5. The Kier molecular flexibility index (Phi) is 5.38. The summed E-state index contributed by atoms with van der Waals surface area (Å²) in [5, 5.41) is 17.9. The lowest BCUT2D eigenvalue weighted by atomic mass is 9.96. The third kappa shape index (κ3) is 4.10. The van der Waals surface area contributed by atoms with Gasteiger partial charge in [0.25, 0.3) is 5.91 Å². The van der Waals surface area contributed by atoms with E-state index in [-0.39, 0.29) is 5.91 Å². The molecule has 9 heteroatoms. The summed E-state index contributed by atoms with van der Waals surface area (Å²) < 4.78 is 1.93. The molecule has 0 saturated carbocycles. The molecule has 5 aromatic rings. The summed E-state index contributed by atoms with van der Waals surface area (Å²) in [7, 11) is 0. The fraction of sp³-hybridized carbons (Fsp3) is 0.240. The minimum Gasteiger partial charge on any atom is -0.338 e. The van der Waals surface area contributed by atoms with E-state index >= 15 is 0 Å². The Bertz CT molecular complexity index is 1430. The molecule has 1 fully saturated rings. The molecule has 4 aromatic heterocycles. The highest BCUT2D eigenvalue weighted by Gasteiger charge is 2.25. The molecule has 0 unspecified atom stereocenters. The van der Waals surface area contributed by atoms with Gasteiger partial charge in [0.2, 0.25) is 0 Å². The van der Waals surface area contributed by atoms with Crippen LogP contribution in [0.2, 0.25) is 0 Å². The number of nitrogens with zero attached hydrogens (tertiary/aromatic N) is 6. The van der Waals surface area contributed by atoms with E-state index in [9.17, 15) is 4.79 Å². The van der Waals surface area contributed by atoms with Crippen molar-refractivity contribution in [3.05, 3.63) is 72.1 Å². The molecule has 170 valence electrons. The van der Waals surface area contributed by atoms with Gasteiger partial charge in [-0.05, 0) is 54.5 Å². The second-order valence-corrected chi connectivity index (χ2v) is 9.72. The van der Waals surface area contributed by atoms with E-state index in [1.54, 1.807) is 12.4 Å². The van der Waals surface area contributed by atoms with E-state index in [2.05, 4.69) is 43.7 Å². The van der Waals surface area contributed by atoms with E-state index in [1.165, 1.54) is 11.3 Å². The summed E-state index contributed by atoms with van der Waals surface area (Å²) in [6, 6.07) is 14.1. The Balaban J connectivity index is 1.07. The predicted octanol–water partition coefficient (Wildman–Crippen LogP) is 4.50. The van der Waals surface area contributed by atoms with Crippen molar-refractivity contribution in [2.45, 2.75) is 19.4 Å². The molecule has 1 aliphatic rings. The molecule has 1 aliphatic heterocycles. The maximum Gasteiger partial charge on any atom is 0.263 e. The number of hydrogen-bond donors (Lipinski definition) is 1. The standard InChI is InChI=1S/C25H23N7OS/c33-25(24-4-3-23(34-24)21-6-10-27-28-21)31-11-7-17(8-12-31)15-32-16-22(29-30-32)19-1-2-20-14-26-9-5-18(20)13-19/h1-6,9-10,13-14,16-17H,7-8,11-12,15H2,(H,27,28). The van der Waals surface area contributed by atoms with Gasteiger partial charge in [0.1, 0.15) is 5.69 Å². The number of fused-ring (bicyclic) bond motifs is 1. The maximum atomic E-state index is 13.0. The highest BCUT2D eigenvalue weighted by Crippen LogP contribution is 2.29. The number of likely N-dealkylation sites (tertiary alicyclic amines) is 1. The second kappa shape index (κ2) is 8.83. The minimum absolute atomic E-state index is 0.115. The monoisotopic (exact) mass is 469 g/mol. The lowest BCUT2D eigenvalue weighted by Gasteiger charge is -2.31. The minimum atomic E-state index is 0.115. The van der Waals surface area contributed by atoms with Gasteiger partial charge in [-0.1, -0.05) is 17.3 Å². The normalized spacial score (nSPS) is 14.6. The molecule has 0 atom stereocenters. The SMILES string of the molecule is O=C(c1ccc(-c2ccn[nH]2)s1)N1CCC(Cn2cc(-c3ccc4cnccc4c3)nn2)CC1. The van der Waals surface area contributed by atoms with Crippen molar-refractivity contribution in [3.8, 4) is 21.8 Å². The van der Waals surface area contributed by atoms with E-state index in [0.29, 0.717) is 5.92 Å². The number of amides is 1. The van der Waals surface area contributed by atoms with Crippen LogP contribution in [0, 0.1) is 5.92 Å². The number of carbonyl (C=O) groups is 1. The number of aromatic nitrogens is 6. The van der Waals surface area contributed by atoms with Crippen molar-refractivity contribution in [3.63, 3.8) is 0 Å². The average Bonchev–Trinajstić information content (AvgIpc) is 3.66. The molecule has 0 spiro atoms. The fourth-order valence-corrected chi connectivity index (χ4v) is 5.44. The summed E-state index contributed by atoms with van der Waals surface area (Å²) in [6.45, 7) is 2.34. The van der Waals surface area contributed by atoms with Crippen LogP contribution in [0.5, 0.6) is 0 Å². The first kappa shape index (κ1) is 20.7. The van der Waals surface area contributed by atoms with Crippen molar-refractivity contribution in [1.82, 2.24) is 35.1 Å². The summed E-state index contributed by atoms with van der Waals surface area (Å²) in [6.07, 6.45) is 9.33. The molecule has 1 aromatic carbocycles. The molecule has 5 heterocycles. The predicted molar refractivity (Wildman–Crippen MR) is 131 cm³/mol. The Morgan fingerprint density at radius 1 is 1.06 bits per heavy atom. The lowest BCUT2D eigenvalue weighted by Crippen LogP contribution is -2.39. The van der Waals surface area contributed by atoms with E-state index in [0.717, 1.165) is 70.0 Å². The highest BCUT2D eigenvalue weighted by molar-refractivity contribution is 7.17. The fourth-order valence-electron chi connectivity index (χ4n) is 4.49. The van der Waals surface area contributed by atoms with Crippen molar-refractivity contribution in [1.29, 1.82) is 0 Å². The number of H-pyrrole nitrogens is 1. The number of nitrogens with one attached hydrogen (secondary N) is 1. The van der Waals surface area contributed by atoms with E-state index in [4.69, 9.17) is 0 Å². The Hall–Kier alpha value is -3.85. The Labute approximate surface area is 200 Å². The van der Waals surface area contributed by atoms with Crippen LogP contribution in [0.25, 0.3) is 32.6 Å². The first-order valence-electron chi connectivity index (χ1n) is 11.4. The summed E-state index contributed by atoms with van der Waals surface area (Å²) >= 11 is 1.51. The van der Waals surface area contributed by atoms with Crippen molar-refractivity contribution in [2.75, 3.05) is 13.1 Å². The summed E-state index contributed by atoms with van der Waals surface area (Å²) in [5.74, 6) is 0.592. The summed E-state index contributed by atoms with van der Waals surface area (Å²) in [4.78, 5) is 20.9. The maximum absolute atomic E-state index is 13.0. The van der Waals surface area contributed by atoms with Gasteiger partial charge in [-0.15, -0.1) is 16.4 Å². The number of aromatic amines is 1. The highest BCUT2D eigenvalue weighted by atomic mass is 32.1. The van der Waals surface area contributed by atoms with E-state index in [1.807, 2.05) is 46.2 Å². The van der Waals surface area contributed by atoms with Gasteiger partial charge in [0.15, 0.2) is 0 Å². The molecule has 0 bridgehead atoms. The lowest BCUT2D eigenvalue weighted by molar-refractivity contribution is 0.0686. The van der Waals surface area contributed by atoms with Crippen LogP contribution in [-0.4, -0.2) is 54.1 Å². The number of piperidine rings is 1. The first-order valence-corrected chi connectivity index (χ1v) is 12.2. The van der Waals surface area contributed by atoms with Gasteiger partial charge in [0.05, 0.1) is 21.6 Å². The van der Waals surface area contributed by atoms with Crippen LogP contribution in [0.15, 0.2) is 67.3 Å². The zero-order chi connectivity index (χ0) is 22.9. The topological polar surface area (TPSA) is 92.6 Å². The third-order valence-electron chi connectivity index (χ3n) is 6.40. The van der Waals surface area contributed by atoms with Gasteiger partial charge in [-0.2, -0.15) is 5.10 Å². The van der Waals surface area contributed by atoms with Gasteiger partial charge >= 0.3 is 0 Å². The average molecular weight is 470 g/mol. The molecule has 6 rings (SSSR count). The van der Waals surface area contributed by atoms with Gasteiger partial charge < -0.3 is 4.90 Å². The van der Waals surface area contributed by atoms with Crippen LogP contribution >= 0.6 is 11.3 Å². The van der Waals surface area contributed by atoms with Gasteiger partial charge in [0, 0.05) is 49.2 Å². The number of pyridine rings is 1. The quantitative estimate of drug-likeness (QED) is 0.409. The molecule has 0 aliphatic carbocycles. The molecular weight excluding hydrogens is 446 g/mol. The van der Waals surface area contributed by atoms with Crippen LogP contribution < -0.4 is 0 Å².